The SMILES string of the molecule is CN(CCN1C(=O)N[C@@H](Cc2cnc[nH]2)C1=O)c1ccccc1. The van der Waals surface area contributed by atoms with Crippen molar-refractivity contribution in [2.45, 2.75) is 12.5 Å². The molecule has 0 spiro atoms. The number of imide groups is 1. The van der Waals surface area contributed by atoms with Gasteiger partial charge in [-0.25, -0.2) is 9.78 Å². The first kappa shape index (κ1) is 15.1. The zero-order valence-corrected chi connectivity index (χ0v) is 12.9. The van der Waals surface area contributed by atoms with E-state index in [1.807, 2.05) is 42.3 Å². The molecule has 0 unspecified atom stereocenters. The van der Waals surface area contributed by atoms with Crippen molar-refractivity contribution in [2.24, 2.45) is 0 Å². The lowest BCUT2D eigenvalue weighted by atomic mass is 10.1. The van der Waals surface area contributed by atoms with Crippen LogP contribution >= 0.6 is 0 Å². The zero-order valence-electron chi connectivity index (χ0n) is 12.9. The molecule has 7 nitrogen and oxygen atoms in total. The van der Waals surface area contributed by atoms with Crippen molar-refractivity contribution in [1.82, 2.24) is 20.2 Å². The molecule has 7 heteroatoms. The number of carbonyl (C=O) groups excluding carboxylic acids is 2. The minimum atomic E-state index is -0.523. The molecule has 2 aromatic rings. The molecular weight excluding hydrogens is 294 g/mol. The first-order chi connectivity index (χ1) is 11.1. The van der Waals surface area contributed by atoms with E-state index in [1.54, 1.807) is 12.5 Å². The molecule has 0 saturated carbocycles. The van der Waals surface area contributed by atoms with Crippen molar-refractivity contribution in [3.8, 4) is 0 Å². The predicted molar refractivity (Wildman–Crippen MR) is 86.0 cm³/mol. The van der Waals surface area contributed by atoms with Crippen LogP contribution in [-0.4, -0.2) is 53.0 Å². The summed E-state index contributed by atoms with van der Waals surface area (Å²) in [6, 6.07) is 9.00. The Hall–Kier alpha value is -2.83. The third-order valence-electron chi connectivity index (χ3n) is 3.94. The molecule has 2 heterocycles. The number of benzene rings is 1. The normalized spacial score (nSPS) is 17.4. The summed E-state index contributed by atoms with van der Waals surface area (Å²) >= 11 is 0. The quantitative estimate of drug-likeness (QED) is 0.780. The minimum Gasteiger partial charge on any atom is -0.373 e. The Morgan fingerprint density at radius 1 is 1.26 bits per heavy atom. The first-order valence-electron chi connectivity index (χ1n) is 7.50. The third-order valence-corrected chi connectivity index (χ3v) is 3.94. The van der Waals surface area contributed by atoms with Gasteiger partial charge in [-0.05, 0) is 12.1 Å². The molecule has 1 aliphatic heterocycles. The van der Waals surface area contributed by atoms with E-state index in [0.717, 1.165) is 11.4 Å². The van der Waals surface area contributed by atoms with E-state index in [1.165, 1.54) is 4.90 Å². The highest BCUT2D eigenvalue weighted by Crippen LogP contribution is 2.13. The number of carbonyl (C=O) groups is 2. The van der Waals surface area contributed by atoms with Crippen molar-refractivity contribution in [3.05, 3.63) is 48.5 Å². The highest BCUT2D eigenvalue weighted by Gasteiger charge is 2.37. The molecular formula is C16H19N5O2. The van der Waals surface area contributed by atoms with Crippen LogP contribution in [0.15, 0.2) is 42.9 Å². The Morgan fingerprint density at radius 3 is 2.74 bits per heavy atom. The minimum absolute atomic E-state index is 0.189. The molecule has 1 aliphatic rings. The highest BCUT2D eigenvalue weighted by atomic mass is 16.2. The van der Waals surface area contributed by atoms with E-state index >= 15 is 0 Å². The number of aromatic amines is 1. The molecule has 3 amide bonds. The topological polar surface area (TPSA) is 81.3 Å². The fourth-order valence-corrected chi connectivity index (χ4v) is 2.60. The first-order valence-corrected chi connectivity index (χ1v) is 7.50. The Bertz CT molecular complexity index is 671. The van der Waals surface area contributed by atoms with Crippen LogP contribution in [0.1, 0.15) is 5.69 Å². The van der Waals surface area contributed by atoms with Gasteiger partial charge in [-0.2, -0.15) is 0 Å². The van der Waals surface area contributed by atoms with Gasteiger partial charge in [0.15, 0.2) is 0 Å². The summed E-state index contributed by atoms with van der Waals surface area (Å²) in [5.74, 6) is -0.189. The second-order valence-corrected chi connectivity index (χ2v) is 5.53. The molecule has 0 bridgehead atoms. The van der Waals surface area contributed by atoms with Crippen LogP contribution in [-0.2, 0) is 11.2 Å². The third kappa shape index (κ3) is 3.33. The molecule has 1 fully saturated rings. The molecule has 120 valence electrons. The fourth-order valence-electron chi connectivity index (χ4n) is 2.60. The molecule has 1 aromatic carbocycles. The lowest BCUT2D eigenvalue weighted by Gasteiger charge is -2.22. The van der Waals surface area contributed by atoms with E-state index in [-0.39, 0.29) is 11.9 Å². The molecule has 23 heavy (non-hydrogen) atoms. The fraction of sp³-hybridized carbons (Fsp3) is 0.312. The van der Waals surface area contributed by atoms with Crippen LogP contribution < -0.4 is 10.2 Å². The number of hydrogen-bond donors (Lipinski definition) is 2. The van der Waals surface area contributed by atoms with Crippen LogP contribution in [0, 0.1) is 0 Å². The summed E-state index contributed by atoms with van der Waals surface area (Å²) in [7, 11) is 1.94. The summed E-state index contributed by atoms with van der Waals surface area (Å²) in [5, 5.41) is 2.73. The van der Waals surface area contributed by atoms with Gasteiger partial charge in [0, 0.05) is 44.1 Å². The maximum atomic E-state index is 12.4. The summed E-state index contributed by atoms with van der Waals surface area (Å²) in [6.07, 6.45) is 3.64. The number of urea groups is 1. The van der Waals surface area contributed by atoms with Gasteiger partial charge in [0.05, 0.1) is 6.33 Å². The maximum absolute atomic E-state index is 12.4. The number of anilines is 1. The van der Waals surface area contributed by atoms with Crippen LogP contribution in [0.2, 0.25) is 0 Å². The Kier molecular flexibility index (Phi) is 4.27. The maximum Gasteiger partial charge on any atom is 0.324 e. The van der Waals surface area contributed by atoms with E-state index in [9.17, 15) is 9.59 Å². The number of likely N-dealkylation sites (N-methyl/N-ethyl adjacent to an activating group) is 1. The van der Waals surface area contributed by atoms with Crippen molar-refractivity contribution in [3.63, 3.8) is 0 Å². The van der Waals surface area contributed by atoms with E-state index < -0.39 is 6.04 Å². The van der Waals surface area contributed by atoms with E-state index in [4.69, 9.17) is 0 Å². The number of rotatable bonds is 6. The smallest absolute Gasteiger partial charge is 0.324 e. The summed E-state index contributed by atoms with van der Waals surface area (Å²) in [5.41, 5.74) is 1.88. The average molecular weight is 313 g/mol. The lowest BCUT2D eigenvalue weighted by molar-refractivity contribution is -0.127. The molecule has 1 aromatic heterocycles. The van der Waals surface area contributed by atoms with Crippen LogP contribution in [0.5, 0.6) is 0 Å². The van der Waals surface area contributed by atoms with Gasteiger partial charge in [0.25, 0.3) is 5.91 Å². The molecule has 0 radical (unpaired) electrons. The second kappa shape index (κ2) is 6.51. The standard InChI is InChI=1S/C16H19N5O2/c1-20(13-5-3-2-4-6-13)7-8-21-15(22)14(19-16(21)23)9-12-10-17-11-18-12/h2-6,10-11,14H,7-9H2,1H3,(H,17,18)(H,19,23)/t14-/m0/s1. The molecule has 3 rings (SSSR count). The molecule has 2 N–H and O–H groups in total. The van der Waals surface area contributed by atoms with Crippen LogP contribution in [0.4, 0.5) is 10.5 Å². The highest BCUT2D eigenvalue weighted by molar-refractivity contribution is 6.04. The average Bonchev–Trinajstić information content (AvgIpc) is 3.16. The van der Waals surface area contributed by atoms with Crippen molar-refractivity contribution in [1.29, 1.82) is 0 Å². The number of amides is 3. The number of H-pyrrole nitrogens is 1. The molecule has 0 aliphatic carbocycles. The van der Waals surface area contributed by atoms with Gasteiger partial charge in [0.1, 0.15) is 6.04 Å². The summed E-state index contributed by atoms with van der Waals surface area (Å²) < 4.78 is 0. The Balaban J connectivity index is 1.57. The number of imidazole rings is 1. The number of aromatic nitrogens is 2. The predicted octanol–water partition coefficient (Wildman–Crippen LogP) is 1.01. The van der Waals surface area contributed by atoms with Gasteiger partial charge in [0.2, 0.25) is 0 Å². The van der Waals surface area contributed by atoms with Gasteiger partial charge in [-0.3, -0.25) is 9.69 Å². The monoisotopic (exact) mass is 313 g/mol. The second-order valence-electron chi connectivity index (χ2n) is 5.53. The van der Waals surface area contributed by atoms with Crippen molar-refractivity contribution in [2.75, 3.05) is 25.0 Å². The number of hydrogen-bond acceptors (Lipinski definition) is 4. The van der Waals surface area contributed by atoms with Crippen molar-refractivity contribution < 1.29 is 9.59 Å². The van der Waals surface area contributed by atoms with Gasteiger partial charge in [-0.1, -0.05) is 18.2 Å². The van der Waals surface area contributed by atoms with Crippen LogP contribution in [0.3, 0.4) is 0 Å². The summed E-state index contributed by atoms with van der Waals surface area (Å²) in [4.78, 5) is 34.6. The molecule has 1 atom stereocenters. The van der Waals surface area contributed by atoms with E-state index in [2.05, 4.69) is 15.3 Å². The Labute approximate surface area is 134 Å². The lowest BCUT2D eigenvalue weighted by Crippen LogP contribution is -2.38. The van der Waals surface area contributed by atoms with Gasteiger partial charge in [-0.15, -0.1) is 0 Å². The Morgan fingerprint density at radius 2 is 2.04 bits per heavy atom. The van der Waals surface area contributed by atoms with Crippen LogP contribution in [0.25, 0.3) is 0 Å². The van der Waals surface area contributed by atoms with Crippen molar-refractivity contribution >= 4 is 17.6 Å². The zero-order chi connectivity index (χ0) is 16.2. The van der Waals surface area contributed by atoms with Gasteiger partial charge >= 0.3 is 6.03 Å². The molecule has 1 saturated heterocycles. The van der Waals surface area contributed by atoms with E-state index in [0.29, 0.717) is 19.5 Å². The number of nitrogens with one attached hydrogen (secondary N) is 2. The van der Waals surface area contributed by atoms with Gasteiger partial charge < -0.3 is 15.2 Å². The summed E-state index contributed by atoms with van der Waals surface area (Å²) in [6.45, 7) is 0.940. The largest absolute Gasteiger partial charge is 0.373 e. The number of nitrogens with zero attached hydrogens (tertiary/aromatic N) is 3. The number of para-hydroxylation sites is 1.